The van der Waals surface area contributed by atoms with Gasteiger partial charge in [0.05, 0.1) is 0 Å². The largest absolute Gasteiger partial charge is 0.456 e. The highest BCUT2D eigenvalue weighted by molar-refractivity contribution is 7.25. The second-order valence-electron chi connectivity index (χ2n) is 13.6. The lowest BCUT2D eigenvalue weighted by Gasteiger charge is -2.11. The number of aromatic nitrogens is 3. The minimum Gasteiger partial charge on any atom is -0.456 e. The van der Waals surface area contributed by atoms with Crippen molar-refractivity contribution in [1.29, 1.82) is 0 Å². The van der Waals surface area contributed by atoms with E-state index >= 15 is 0 Å². The molecule has 0 atom stereocenters. The first-order valence-electron chi connectivity index (χ1n) is 18.0. The molecular weight excluding hydrogens is 679 g/mol. The van der Waals surface area contributed by atoms with Crippen molar-refractivity contribution in [2.24, 2.45) is 0 Å². The van der Waals surface area contributed by atoms with E-state index in [-0.39, 0.29) is 0 Å². The van der Waals surface area contributed by atoms with Crippen molar-refractivity contribution in [2.45, 2.75) is 0 Å². The number of furan rings is 1. The molecule has 0 saturated heterocycles. The smallest absolute Gasteiger partial charge is 0.164 e. The molecule has 0 radical (unpaired) electrons. The molecule has 252 valence electrons. The van der Waals surface area contributed by atoms with Gasteiger partial charge in [0.1, 0.15) is 11.2 Å². The minimum atomic E-state index is 0.610. The standard InChI is InChI=1S/C49H29N3OS/c1-2-9-30(10-3-1)32-17-18-34-27-37(20-19-33(34)25-32)48-50-47(51-49(52-48)38-22-24-44-42(28-38)39-13-4-6-15-43(39)53-44)36-12-8-11-31(26-36)35-21-23-41-40-14-5-7-16-45(40)54-46(41)29-35/h1-29H. The van der Waals surface area contributed by atoms with Crippen molar-refractivity contribution in [3.05, 3.63) is 176 Å². The maximum absolute atomic E-state index is 6.15. The van der Waals surface area contributed by atoms with Crippen molar-refractivity contribution in [2.75, 3.05) is 0 Å². The molecule has 0 aliphatic carbocycles. The fourth-order valence-corrected chi connectivity index (χ4v) is 8.71. The van der Waals surface area contributed by atoms with Gasteiger partial charge in [-0.3, -0.25) is 0 Å². The summed E-state index contributed by atoms with van der Waals surface area (Å²) in [4.78, 5) is 15.4. The van der Waals surface area contributed by atoms with E-state index in [4.69, 9.17) is 19.4 Å². The summed E-state index contributed by atoms with van der Waals surface area (Å²) in [5.74, 6) is 1.86. The van der Waals surface area contributed by atoms with E-state index in [1.54, 1.807) is 0 Å². The van der Waals surface area contributed by atoms with E-state index in [2.05, 4.69) is 140 Å². The van der Waals surface area contributed by atoms with Crippen LogP contribution < -0.4 is 0 Å². The summed E-state index contributed by atoms with van der Waals surface area (Å²) in [5.41, 5.74) is 9.11. The van der Waals surface area contributed by atoms with Crippen LogP contribution in [-0.4, -0.2) is 15.0 Å². The van der Waals surface area contributed by atoms with E-state index in [0.29, 0.717) is 17.5 Å². The zero-order valence-electron chi connectivity index (χ0n) is 28.9. The fourth-order valence-electron chi connectivity index (χ4n) is 7.57. The van der Waals surface area contributed by atoms with Crippen LogP contribution in [0.3, 0.4) is 0 Å². The van der Waals surface area contributed by atoms with E-state index < -0.39 is 0 Å². The Kier molecular flexibility index (Phi) is 7.00. The molecule has 0 N–H and O–H groups in total. The fraction of sp³-hybridized carbons (Fsp3) is 0. The molecule has 3 heterocycles. The number of rotatable bonds is 5. The monoisotopic (exact) mass is 707 g/mol. The van der Waals surface area contributed by atoms with Gasteiger partial charge in [-0.05, 0) is 87.6 Å². The molecule has 0 unspecified atom stereocenters. The molecule has 8 aromatic carbocycles. The molecule has 0 saturated carbocycles. The first kappa shape index (κ1) is 30.7. The Labute approximate surface area is 314 Å². The highest BCUT2D eigenvalue weighted by Gasteiger charge is 2.16. The number of para-hydroxylation sites is 1. The van der Waals surface area contributed by atoms with Crippen molar-refractivity contribution >= 4 is 64.2 Å². The molecular formula is C49H29N3OS. The summed E-state index contributed by atoms with van der Waals surface area (Å²) in [7, 11) is 0. The Morgan fingerprint density at radius 1 is 0.315 bits per heavy atom. The molecule has 11 aromatic rings. The Morgan fingerprint density at radius 3 is 1.69 bits per heavy atom. The topological polar surface area (TPSA) is 51.8 Å². The third kappa shape index (κ3) is 5.25. The van der Waals surface area contributed by atoms with E-state index in [1.165, 1.54) is 31.3 Å². The predicted octanol–water partition coefficient (Wildman–Crippen LogP) is 13.6. The Hall–Kier alpha value is -6.95. The highest BCUT2D eigenvalue weighted by Crippen LogP contribution is 2.38. The summed E-state index contributed by atoms with van der Waals surface area (Å²) in [5, 5.41) is 6.98. The van der Waals surface area contributed by atoms with Crippen molar-refractivity contribution < 1.29 is 4.42 Å². The number of fused-ring (bicyclic) bond motifs is 7. The van der Waals surface area contributed by atoms with E-state index in [1.807, 2.05) is 47.7 Å². The van der Waals surface area contributed by atoms with Gasteiger partial charge in [-0.15, -0.1) is 11.3 Å². The summed E-state index contributed by atoms with van der Waals surface area (Å²) < 4.78 is 8.73. The van der Waals surface area contributed by atoms with Gasteiger partial charge in [-0.25, -0.2) is 15.0 Å². The van der Waals surface area contributed by atoms with E-state index in [0.717, 1.165) is 60.5 Å². The second-order valence-corrected chi connectivity index (χ2v) is 14.7. The molecule has 11 rings (SSSR count). The molecule has 0 spiro atoms. The van der Waals surface area contributed by atoms with Crippen LogP contribution in [0.5, 0.6) is 0 Å². The summed E-state index contributed by atoms with van der Waals surface area (Å²) in [6, 6.07) is 61.7. The summed E-state index contributed by atoms with van der Waals surface area (Å²) in [6.45, 7) is 0. The lowest BCUT2D eigenvalue weighted by Crippen LogP contribution is -2.00. The number of nitrogens with zero attached hydrogens (tertiary/aromatic N) is 3. The average molecular weight is 708 g/mol. The van der Waals surface area contributed by atoms with Crippen LogP contribution in [0.25, 0.3) is 109 Å². The lowest BCUT2D eigenvalue weighted by atomic mass is 9.99. The number of thiophene rings is 1. The minimum absolute atomic E-state index is 0.610. The third-order valence-electron chi connectivity index (χ3n) is 10.3. The number of hydrogen-bond donors (Lipinski definition) is 0. The highest BCUT2D eigenvalue weighted by atomic mass is 32.1. The second kappa shape index (κ2) is 12.3. The van der Waals surface area contributed by atoms with Crippen LogP contribution in [-0.2, 0) is 0 Å². The van der Waals surface area contributed by atoms with Crippen LogP contribution in [0.2, 0.25) is 0 Å². The molecule has 54 heavy (non-hydrogen) atoms. The third-order valence-corrected chi connectivity index (χ3v) is 11.4. The van der Waals surface area contributed by atoms with Crippen LogP contribution in [0.15, 0.2) is 180 Å². The van der Waals surface area contributed by atoms with Gasteiger partial charge in [-0.2, -0.15) is 0 Å². The zero-order valence-corrected chi connectivity index (χ0v) is 29.7. The van der Waals surface area contributed by atoms with Crippen molar-refractivity contribution in [3.63, 3.8) is 0 Å². The van der Waals surface area contributed by atoms with Gasteiger partial charge < -0.3 is 4.42 Å². The molecule has 3 aromatic heterocycles. The van der Waals surface area contributed by atoms with Gasteiger partial charge in [0, 0.05) is 47.6 Å². The van der Waals surface area contributed by atoms with Gasteiger partial charge in [-0.1, -0.05) is 121 Å². The Bertz CT molecular complexity index is 3230. The SMILES string of the molecule is c1ccc(-c2ccc3cc(-c4nc(-c5cccc(-c6ccc7c(c6)sc6ccccc67)c5)nc(-c5ccc6oc7ccccc7c6c5)n4)ccc3c2)cc1. The normalized spacial score (nSPS) is 11.7. The van der Waals surface area contributed by atoms with E-state index in [9.17, 15) is 0 Å². The molecule has 5 heteroatoms. The van der Waals surface area contributed by atoms with Crippen LogP contribution in [0.1, 0.15) is 0 Å². The van der Waals surface area contributed by atoms with Crippen LogP contribution in [0.4, 0.5) is 0 Å². The van der Waals surface area contributed by atoms with Crippen molar-refractivity contribution in [1.82, 2.24) is 15.0 Å². The number of benzene rings is 8. The lowest BCUT2D eigenvalue weighted by molar-refractivity contribution is 0.669. The van der Waals surface area contributed by atoms with Gasteiger partial charge >= 0.3 is 0 Å². The van der Waals surface area contributed by atoms with Crippen LogP contribution >= 0.6 is 11.3 Å². The van der Waals surface area contributed by atoms with Crippen LogP contribution in [0, 0.1) is 0 Å². The quantitative estimate of drug-likeness (QED) is 0.179. The molecule has 0 aliphatic heterocycles. The average Bonchev–Trinajstić information content (AvgIpc) is 3.81. The predicted molar refractivity (Wildman–Crippen MR) is 225 cm³/mol. The molecule has 0 amide bonds. The maximum Gasteiger partial charge on any atom is 0.164 e. The van der Waals surface area contributed by atoms with Gasteiger partial charge in [0.15, 0.2) is 17.5 Å². The molecule has 4 nitrogen and oxygen atoms in total. The van der Waals surface area contributed by atoms with Gasteiger partial charge in [0.2, 0.25) is 0 Å². The first-order valence-corrected chi connectivity index (χ1v) is 18.8. The van der Waals surface area contributed by atoms with Gasteiger partial charge in [0.25, 0.3) is 0 Å². The first-order chi connectivity index (χ1) is 26.7. The Balaban J connectivity index is 1.05. The maximum atomic E-state index is 6.15. The summed E-state index contributed by atoms with van der Waals surface area (Å²) in [6.07, 6.45) is 0. The summed E-state index contributed by atoms with van der Waals surface area (Å²) >= 11 is 1.83. The van der Waals surface area contributed by atoms with Crippen molar-refractivity contribution in [3.8, 4) is 56.4 Å². The Morgan fingerprint density at radius 2 is 0.852 bits per heavy atom. The number of hydrogen-bond acceptors (Lipinski definition) is 5. The molecule has 0 fully saturated rings. The molecule has 0 aliphatic rings. The molecule has 0 bridgehead atoms. The zero-order chi connectivity index (χ0) is 35.6.